The summed E-state index contributed by atoms with van der Waals surface area (Å²) in [6.07, 6.45) is 0. The molecule has 0 bridgehead atoms. The summed E-state index contributed by atoms with van der Waals surface area (Å²) in [5, 5.41) is 2.86. The van der Waals surface area contributed by atoms with Crippen molar-refractivity contribution in [3.05, 3.63) is 59.2 Å². The van der Waals surface area contributed by atoms with Crippen LogP contribution in [0.2, 0.25) is 0 Å². The predicted octanol–water partition coefficient (Wildman–Crippen LogP) is 2.84. The molecule has 19 heavy (non-hydrogen) atoms. The first-order valence-corrected chi connectivity index (χ1v) is 6.05. The number of rotatable bonds is 3. The Morgan fingerprint density at radius 2 is 1.79 bits per heavy atom. The SMILES string of the molecule is Cc1cccc(NC(=O)c2ccc(C)cc2NN)c1. The van der Waals surface area contributed by atoms with Crippen LogP contribution in [0.5, 0.6) is 0 Å². The zero-order chi connectivity index (χ0) is 13.8. The second kappa shape index (κ2) is 5.54. The van der Waals surface area contributed by atoms with Crippen molar-refractivity contribution in [3.63, 3.8) is 0 Å². The summed E-state index contributed by atoms with van der Waals surface area (Å²) in [6, 6.07) is 13.1. The van der Waals surface area contributed by atoms with Crippen molar-refractivity contribution in [2.45, 2.75) is 13.8 Å². The first-order chi connectivity index (χ1) is 9.10. The quantitative estimate of drug-likeness (QED) is 0.583. The van der Waals surface area contributed by atoms with Crippen molar-refractivity contribution in [1.29, 1.82) is 0 Å². The molecule has 0 atom stereocenters. The molecule has 4 heteroatoms. The van der Waals surface area contributed by atoms with Gasteiger partial charge in [-0.2, -0.15) is 0 Å². The van der Waals surface area contributed by atoms with Crippen LogP contribution in [0, 0.1) is 13.8 Å². The highest BCUT2D eigenvalue weighted by molar-refractivity contribution is 6.08. The first-order valence-electron chi connectivity index (χ1n) is 6.05. The summed E-state index contributed by atoms with van der Waals surface area (Å²) in [4.78, 5) is 12.2. The highest BCUT2D eigenvalue weighted by Crippen LogP contribution is 2.18. The fraction of sp³-hybridized carbons (Fsp3) is 0.133. The normalized spacial score (nSPS) is 10.1. The number of hydrogen-bond acceptors (Lipinski definition) is 3. The lowest BCUT2D eigenvalue weighted by molar-refractivity contribution is 0.102. The van der Waals surface area contributed by atoms with E-state index in [1.54, 1.807) is 6.07 Å². The zero-order valence-electron chi connectivity index (χ0n) is 11.0. The second-order valence-electron chi connectivity index (χ2n) is 4.52. The largest absolute Gasteiger partial charge is 0.323 e. The standard InChI is InChI=1S/C15H17N3O/c1-10-4-3-5-12(8-10)17-15(19)13-7-6-11(2)9-14(13)18-16/h3-9,18H,16H2,1-2H3,(H,17,19). The van der Waals surface area contributed by atoms with Crippen LogP contribution in [0.3, 0.4) is 0 Å². The Hall–Kier alpha value is -2.33. The monoisotopic (exact) mass is 255 g/mol. The molecule has 0 aliphatic rings. The molecule has 2 aromatic carbocycles. The maximum atomic E-state index is 12.2. The number of anilines is 2. The fourth-order valence-corrected chi connectivity index (χ4v) is 1.90. The molecule has 0 fully saturated rings. The van der Waals surface area contributed by atoms with Crippen LogP contribution in [0.15, 0.2) is 42.5 Å². The van der Waals surface area contributed by atoms with Crippen molar-refractivity contribution in [3.8, 4) is 0 Å². The molecule has 0 heterocycles. The molecule has 4 nitrogen and oxygen atoms in total. The van der Waals surface area contributed by atoms with Gasteiger partial charge in [0.05, 0.1) is 11.3 Å². The molecule has 98 valence electrons. The molecule has 0 aliphatic carbocycles. The van der Waals surface area contributed by atoms with E-state index in [0.717, 1.165) is 16.8 Å². The lowest BCUT2D eigenvalue weighted by Crippen LogP contribution is -2.17. The molecule has 0 saturated carbocycles. The van der Waals surface area contributed by atoms with Crippen LogP contribution in [-0.4, -0.2) is 5.91 Å². The van der Waals surface area contributed by atoms with Gasteiger partial charge in [-0.3, -0.25) is 10.6 Å². The van der Waals surface area contributed by atoms with Gasteiger partial charge in [0, 0.05) is 5.69 Å². The molecule has 0 aliphatic heterocycles. The van der Waals surface area contributed by atoms with Gasteiger partial charge < -0.3 is 10.7 Å². The topological polar surface area (TPSA) is 67.2 Å². The summed E-state index contributed by atoms with van der Waals surface area (Å²) < 4.78 is 0. The van der Waals surface area contributed by atoms with Crippen molar-refractivity contribution in [2.24, 2.45) is 5.84 Å². The second-order valence-corrected chi connectivity index (χ2v) is 4.52. The number of carbonyl (C=O) groups is 1. The summed E-state index contributed by atoms with van der Waals surface area (Å²) in [5.74, 6) is 5.26. The van der Waals surface area contributed by atoms with E-state index >= 15 is 0 Å². The number of amides is 1. The lowest BCUT2D eigenvalue weighted by Gasteiger charge is -2.11. The van der Waals surface area contributed by atoms with Gasteiger partial charge in [-0.25, -0.2) is 0 Å². The van der Waals surface area contributed by atoms with E-state index in [4.69, 9.17) is 5.84 Å². The van der Waals surface area contributed by atoms with Gasteiger partial charge in [-0.15, -0.1) is 0 Å². The molecule has 0 saturated heterocycles. The Bertz CT molecular complexity index is 608. The average Bonchev–Trinajstić information content (AvgIpc) is 2.38. The third-order valence-corrected chi connectivity index (χ3v) is 2.85. The smallest absolute Gasteiger partial charge is 0.257 e. The molecule has 4 N–H and O–H groups in total. The molecule has 0 radical (unpaired) electrons. The lowest BCUT2D eigenvalue weighted by atomic mass is 10.1. The third-order valence-electron chi connectivity index (χ3n) is 2.85. The molecule has 2 aromatic rings. The Morgan fingerprint density at radius 1 is 1.05 bits per heavy atom. The minimum Gasteiger partial charge on any atom is -0.323 e. The summed E-state index contributed by atoms with van der Waals surface area (Å²) in [6.45, 7) is 3.93. The Labute approximate surface area is 112 Å². The minimum absolute atomic E-state index is 0.182. The fourth-order valence-electron chi connectivity index (χ4n) is 1.90. The maximum Gasteiger partial charge on any atom is 0.257 e. The van der Waals surface area contributed by atoms with Gasteiger partial charge in [0.25, 0.3) is 5.91 Å². The highest BCUT2D eigenvalue weighted by Gasteiger charge is 2.11. The third kappa shape index (κ3) is 3.11. The number of aryl methyl sites for hydroxylation is 2. The molecule has 2 rings (SSSR count). The number of hydrogen-bond donors (Lipinski definition) is 3. The maximum absolute atomic E-state index is 12.2. The first kappa shape index (κ1) is 13.1. The molecule has 0 unspecified atom stereocenters. The molecule has 0 spiro atoms. The highest BCUT2D eigenvalue weighted by atomic mass is 16.1. The zero-order valence-corrected chi connectivity index (χ0v) is 11.0. The molecule has 1 amide bonds. The number of nitrogens with two attached hydrogens (primary N) is 1. The molecular formula is C15H17N3O. The van der Waals surface area contributed by atoms with E-state index < -0.39 is 0 Å². The van der Waals surface area contributed by atoms with Crippen molar-refractivity contribution < 1.29 is 4.79 Å². The molecule has 0 aromatic heterocycles. The van der Waals surface area contributed by atoms with Crippen molar-refractivity contribution in [1.82, 2.24) is 0 Å². The number of hydrazine groups is 1. The number of carbonyl (C=O) groups excluding carboxylic acids is 1. The van der Waals surface area contributed by atoms with Crippen molar-refractivity contribution in [2.75, 3.05) is 10.7 Å². The summed E-state index contributed by atoms with van der Waals surface area (Å²) in [7, 11) is 0. The minimum atomic E-state index is -0.182. The number of benzene rings is 2. The van der Waals surface area contributed by atoms with E-state index in [9.17, 15) is 4.79 Å². The van der Waals surface area contributed by atoms with Gasteiger partial charge in [-0.05, 0) is 49.2 Å². The van der Waals surface area contributed by atoms with Crippen LogP contribution < -0.4 is 16.6 Å². The van der Waals surface area contributed by atoms with Gasteiger partial charge >= 0.3 is 0 Å². The van der Waals surface area contributed by atoms with Crippen LogP contribution >= 0.6 is 0 Å². The summed E-state index contributed by atoms with van der Waals surface area (Å²) in [5.41, 5.74) is 6.60. The van der Waals surface area contributed by atoms with Crippen LogP contribution in [-0.2, 0) is 0 Å². The predicted molar refractivity (Wildman–Crippen MR) is 78.1 cm³/mol. The van der Waals surface area contributed by atoms with Crippen LogP contribution in [0.4, 0.5) is 11.4 Å². The van der Waals surface area contributed by atoms with E-state index in [2.05, 4.69) is 10.7 Å². The van der Waals surface area contributed by atoms with Crippen LogP contribution in [0.1, 0.15) is 21.5 Å². The van der Waals surface area contributed by atoms with Gasteiger partial charge in [0.2, 0.25) is 0 Å². The van der Waals surface area contributed by atoms with Gasteiger partial charge in [0.15, 0.2) is 0 Å². The molecular weight excluding hydrogens is 238 g/mol. The number of nitrogen functional groups attached to an aromatic ring is 1. The van der Waals surface area contributed by atoms with E-state index in [0.29, 0.717) is 11.3 Å². The van der Waals surface area contributed by atoms with E-state index in [1.165, 1.54) is 0 Å². The van der Waals surface area contributed by atoms with E-state index in [1.807, 2.05) is 50.2 Å². The number of nitrogens with one attached hydrogen (secondary N) is 2. The van der Waals surface area contributed by atoms with Crippen molar-refractivity contribution >= 4 is 17.3 Å². The van der Waals surface area contributed by atoms with Crippen LogP contribution in [0.25, 0.3) is 0 Å². The van der Waals surface area contributed by atoms with Gasteiger partial charge in [-0.1, -0.05) is 18.2 Å². The van der Waals surface area contributed by atoms with Gasteiger partial charge in [0.1, 0.15) is 0 Å². The Morgan fingerprint density at radius 3 is 2.47 bits per heavy atom. The average molecular weight is 255 g/mol. The summed E-state index contributed by atoms with van der Waals surface area (Å²) >= 11 is 0. The Balaban J connectivity index is 2.25. The van der Waals surface area contributed by atoms with E-state index in [-0.39, 0.29) is 5.91 Å². The Kier molecular flexibility index (Phi) is 3.82.